The van der Waals surface area contributed by atoms with Crippen LogP contribution in [0.3, 0.4) is 0 Å². The molecule has 0 bridgehead atoms. The minimum Gasteiger partial charge on any atom is -0.335 e. The summed E-state index contributed by atoms with van der Waals surface area (Å²) in [5.74, 6) is 0. The summed E-state index contributed by atoms with van der Waals surface area (Å²) in [5, 5.41) is 6.67. The fraction of sp³-hybridized carbons (Fsp3) is 0.929. The summed E-state index contributed by atoms with van der Waals surface area (Å²) < 4.78 is 0. The van der Waals surface area contributed by atoms with Gasteiger partial charge in [0, 0.05) is 25.2 Å². The van der Waals surface area contributed by atoms with Gasteiger partial charge in [0.05, 0.1) is 0 Å². The molecular formula is C14H27N3O. The third-order valence-electron chi connectivity index (χ3n) is 4.07. The fourth-order valence-electron chi connectivity index (χ4n) is 3.06. The maximum absolute atomic E-state index is 12.3. The van der Waals surface area contributed by atoms with Gasteiger partial charge in [-0.25, -0.2) is 4.79 Å². The quantitative estimate of drug-likeness (QED) is 0.788. The molecule has 0 spiro atoms. The van der Waals surface area contributed by atoms with E-state index in [0.29, 0.717) is 12.1 Å². The first-order valence-electron chi connectivity index (χ1n) is 7.58. The Morgan fingerprint density at radius 3 is 2.67 bits per heavy atom. The van der Waals surface area contributed by atoms with Crippen LogP contribution in [0.25, 0.3) is 0 Å². The molecule has 0 aromatic heterocycles. The molecule has 2 N–H and O–H groups in total. The fourth-order valence-corrected chi connectivity index (χ4v) is 3.06. The van der Waals surface area contributed by atoms with Gasteiger partial charge in [-0.1, -0.05) is 19.8 Å². The first-order valence-corrected chi connectivity index (χ1v) is 7.58. The number of nitrogens with one attached hydrogen (secondary N) is 2. The predicted octanol–water partition coefficient (Wildman–Crippen LogP) is 2.10. The molecule has 2 fully saturated rings. The molecule has 0 aromatic rings. The van der Waals surface area contributed by atoms with Crippen molar-refractivity contribution in [1.82, 2.24) is 15.5 Å². The second-order valence-electron chi connectivity index (χ2n) is 5.67. The summed E-state index contributed by atoms with van der Waals surface area (Å²) in [6.45, 7) is 4.98. The first-order chi connectivity index (χ1) is 8.79. The van der Waals surface area contributed by atoms with Gasteiger partial charge in [-0.3, -0.25) is 0 Å². The molecule has 2 amide bonds. The van der Waals surface area contributed by atoms with Crippen LogP contribution in [0.2, 0.25) is 0 Å². The van der Waals surface area contributed by atoms with Crippen LogP contribution in [-0.4, -0.2) is 42.6 Å². The highest BCUT2D eigenvalue weighted by molar-refractivity contribution is 5.74. The molecule has 104 valence electrons. The molecular weight excluding hydrogens is 226 g/mol. The van der Waals surface area contributed by atoms with Gasteiger partial charge in [-0.2, -0.15) is 0 Å². The van der Waals surface area contributed by atoms with Crippen molar-refractivity contribution in [2.75, 3.05) is 19.6 Å². The van der Waals surface area contributed by atoms with Crippen LogP contribution in [0.5, 0.6) is 0 Å². The van der Waals surface area contributed by atoms with E-state index in [1.807, 2.05) is 4.90 Å². The van der Waals surface area contributed by atoms with Crippen molar-refractivity contribution in [1.29, 1.82) is 0 Å². The van der Waals surface area contributed by atoms with Gasteiger partial charge >= 0.3 is 6.03 Å². The Kier molecular flexibility index (Phi) is 5.29. The van der Waals surface area contributed by atoms with Crippen LogP contribution < -0.4 is 10.6 Å². The monoisotopic (exact) mass is 253 g/mol. The average molecular weight is 253 g/mol. The van der Waals surface area contributed by atoms with E-state index in [-0.39, 0.29) is 6.03 Å². The van der Waals surface area contributed by atoms with E-state index in [2.05, 4.69) is 17.6 Å². The minimum atomic E-state index is 0.150. The minimum absolute atomic E-state index is 0.150. The summed E-state index contributed by atoms with van der Waals surface area (Å²) in [5.41, 5.74) is 0. The van der Waals surface area contributed by atoms with Crippen LogP contribution in [0, 0.1) is 0 Å². The number of carbonyl (C=O) groups is 1. The zero-order valence-electron chi connectivity index (χ0n) is 11.6. The lowest BCUT2D eigenvalue weighted by molar-refractivity contribution is 0.188. The number of urea groups is 1. The molecule has 2 rings (SSSR count). The first kappa shape index (κ1) is 13.7. The van der Waals surface area contributed by atoms with Crippen molar-refractivity contribution in [3.8, 4) is 0 Å². The molecule has 1 aliphatic carbocycles. The number of amides is 2. The van der Waals surface area contributed by atoms with Gasteiger partial charge in [-0.15, -0.1) is 0 Å². The Morgan fingerprint density at radius 1 is 1.28 bits per heavy atom. The maximum atomic E-state index is 12.3. The second-order valence-corrected chi connectivity index (χ2v) is 5.67. The van der Waals surface area contributed by atoms with Crippen molar-refractivity contribution >= 4 is 6.03 Å². The van der Waals surface area contributed by atoms with Crippen molar-refractivity contribution in [2.24, 2.45) is 0 Å². The topological polar surface area (TPSA) is 44.4 Å². The smallest absolute Gasteiger partial charge is 0.317 e. The second kappa shape index (κ2) is 6.98. The van der Waals surface area contributed by atoms with E-state index >= 15 is 0 Å². The summed E-state index contributed by atoms with van der Waals surface area (Å²) in [7, 11) is 0. The van der Waals surface area contributed by atoms with Gasteiger partial charge in [0.2, 0.25) is 0 Å². The molecule has 4 nitrogen and oxygen atoms in total. The summed E-state index contributed by atoms with van der Waals surface area (Å²) in [6.07, 6.45) is 8.34. The molecule has 1 heterocycles. The number of hydrogen-bond donors (Lipinski definition) is 2. The van der Waals surface area contributed by atoms with E-state index in [1.165, 1.54) is 25.7 Å². The van der Waals surface area contributed by atoms with E-state index in [9.17, 15) is 4.79 Å². The highest BCUT2D eigenvalue weighted by Crippen LogP contribution is 2.18. The molecule has 1 saturated carbocycles. The van der Waals surface area contributed by atoms with Crippen LogP contribution in [0.4, 0.5) is 4.79 Å². The van der Waals surface area contributed by atoms with Gasteiger partial charge in [0.15, 0.2) is 0 Å². The van der Waals surface area contributed by atoms with Gasteiger partial charge < -0.3 is 15.5 Å². The molecule has 1 saturated heterocycles. The molecule has 0 aromatic carbocycles. The van der Waals surface area contributed by atoms with Crippen molar-refractivity contribution in [2.45, 2.75) is 64.0 Å². The van der Waals surface area contributed by atoms with E-state index < -0.39 is 0 Å². The Hall–Kier alpha value is -0.770. The summed E-state index contributed by atoms with van der Waals surface area (Å²) in [6, 6.07) is 1.08. The third kappa shape index (κ3) is 3.87. The van der Waals surface area contributed by atoms with Gasteiger partial charge in [0.1, 0.15) is 0 Å². The average Bonchev–Trinajstić information content (AvgIpc) is 3.01. The molecule has 1 unspecified atom stereocenters. The SMILES string of the molecule is CCCN(CC1CCCN1)C(=O)NC1CCCC1. The lowest BCUT2D eigenvalue weighted by Gasteiger charge is -2.27. The van der Waals surface area contributed by atoms with Crippen molar-refractivity contribution in [3.05, 3.63) is 0 Å². The van der Waals surface area contributed by atoms with Crippen LogP contribution in [0.15, 0.2) is 0 Å². The predicted molar refractivity (Wildman–Crippen MR) is 73.7 cm³/mol. The molecule has 1 aliphatic heterocycles. The molecule has 1 atom stereocenters. The normalized spacial score (nSPS) is 24.4. The Bertz CT molecular complexity index is 258. The van der Waals surface area contributed by atoms with Crippen LogP contribution >= 0.6 is 0 Å². The largest absolute Gasteiger partial charge is 0.335 e. The zero-order valence-corrected chi connectivity index (χ0v) is 11.6. The number of nitrogens with zero attached hydrogens (tertiary/aromatic N) is 1. The van der Waals surface area contributed by atoms with E-state index in [1.54, 1.807) is 0 Å². The lowest BCUT2D eigenvalue weighted by atomic mass is 10.2. The van der Waals surface area contributed by atoms with Crippen LogP contribution in [-0.2, 0) is 0 Å². The Morgan fingerprint density at radius 2 is 2.06 bits per heavy atom. The standard InChI is InChI=1S/C14H27N3O/c1-2-10-17(11-13-8-5-9-15-13)14(18)16-12-6-3-4-7-12/h12-13,15H,2-11H2,1H3,(H,16,18). The van der Waals surface area contributed by atoms with Crippen LogP contribution in [0.1, 0.15) is 51.9 Å². The maximum Gasteiger partial charge on any atom is 0.317 e. The Labute approximate surface area is 110 Å². The molecule has 18 heavy (non-hydrogen) atoms. The third-order valence-corrected chi connectivity index (χ3v) is 4.07. The number of hydrogen-bond acceptors (Lipinski definition) is 2. The van der Waals surface area contributed by atoms with E-state index in [0.717, 1.165) is 38.9 Å². The Balaban J connectivity index is 1.80. The van der Waals surface area contributed by atoms with Crippen molar-refractivity contribution in [3.63, 3.8) is 0 Å². The van der Waals surface area contributed by atoms with E-state index in [4.69, 9.17) is 0 Å². The molecule has 0 radical (unpaired) electrons. The van der Waals surface area contributed by atoms with Crippen molar-refractivity contribution < 1.29 is 4.79 Å². The zero-order chi connectivity index (χ0) is 12.8. The summed E-state index contributed by atoms with van der Waals surface area (Å²) in [4.78, 5) is 14.3. The number of rotatable bonds is 5. The molecule has 4 heteroatoms. The highest BCUT2D eigenvalue weighted by atomic mass is 16.2. The number of carbonyl (C=O) groups excluding carboxylic acids is 1. The lowest BCUT2D eigenvalue weighted by Crippen LogP contribution is -2.48. The highest BCUT2D eigenvalue weighted by Gasteiger charge is 2.23. The molecule has 2 aliphatic rings. The summed E-state index contributed by atoms with van der Waals surface area (Å²) >= 11 is 0. The van der Waals surface area contributed by atoms with Gasteiger partial charge in [0.25, 0.3) is 0 Å². The van der Waals surface area contributed by atoms with Gasteiger partial charge in [-0.05, 0) is 38.6 Å².